The summed E-state index contributed by atoms with van der Waals surface area (Å²) in [5.41, 5.74) is 0.629. The lowest BCUT2D eigenvalue weighted by atomic mass is 10.1. The highest BCUT2D eigenvalue weighted by molar-refractivity contribution is 8.00. The molecule has 1 unspecified atom stereocenters. The fourth-order valence-electron chi connectivity index (χ4n) is 1.53. The van der Waals surface area contributed by atoms with E-state index in [1.807, 2.05) is 0 Å². The number of rotatable bonds is 2. The molecule has 2 heterocycles. The van der Waals surface area contributed by atoms with E-state index in [-0.39, 0.29) is 5.76 Å². The van der Waals surface area contributed by atoms with Crippen molar-refractivity contribution >= 4 is 23.4 Å². The van der Waals surface area contributed by atoms with Crippen molar-refractivity contribution in [2.24, 2.45) is 5.92 Å². The first-order chi connectivity index (χ1) is 7.09. The van der Waals surface area contributed by atoms with Crippen molar-refractivity contribution in [1.29, 1.82) is 0 Å². The summed E-state index contributed by atoms with van der Waals surface area (Å²) in [4.78, 5) is 11.7. The number of furan rings is 1. The van der Waals surface area contributed by atoms with E-state index in [0.717, 1.165) is 11.4 Å². The molecule has 1 aliphatic rings. The quantitative estimate of drug-likeness (QED) is 0.812. The molecule has 15 heavy (non-hydrogen) atoms. The van der Waals surface area contributed by atoms with Crippen LogP contribution >= 0.6 is 11.8 Å². The molecule has 4 nitrogen and oxygen atoms in total. The summed E-state index contributed by atoms with van der Waals surface area (Å²) < 4.78 is 5.02. The van der Waals surface area contributed by atoms with E-state index in [2.05, 4.69) is 19.2 Å². The van der Waals surface area contributed by atoms with E-state index >= 15 is 0 Å². The van der Waals surface area contributed by atoms with E-state index in [1.165, 1.54) is 6.26 Å². The highest BCUT2D eigenvalue weighted by Gasteiger charge is 2.28. The first-order valence-corrected chi connectivity index (χ1v) is 5.73. The third-order valence-corrected chi connectivity index (χ3v) is 4.02. The molecule has 0 radical (unpaired) electrons. The number of carbonyl (C=O) groups is 1. The molecule has 2 N–H and O–H groups in total. The Morgan fingerprint density at radius 3 is 3.07 bits per heavy atom. The van der Waals surface area contributed by atoms with Crippen molar-refractivity contribution in [3.8, 4) is 0 Å². The molecule has 1 aliphatic heterocycles. The molecule has 0 bridgehead atoms. The van der Waals surface area contributed by atoms with Crippen LogP contribution in [0.2, 0.25) is 0 Å². The van der Waals surface area contributed by atoms with Gasteiger partial charge in [0.25, 0.3) is 0 Å². The Bertz CT molecular complexity index is 386. The Hall–Kier alpha value is -1.10. The van der Waals surface area contributed by atoms with Crippen molar-refractivity contribution in [1.82, 2.24) is 0 Å². The van der Waals surface area contributed by atoms with Crippen LogP contribution in [0.3, 0.4) is 0 Å². The predicted octanol–water partition coefficient (Wildman–Crippen LogP) is 2.52. The van der Waals surface area contributed by atoms with Gasteiger partial charge in [0.15, 0.2) is 0 Å². The van der Waals surface area contributed by atoms with Crippen molar-refractivity contribution in [2.75, 3.05) is 11.9 Å². The smallest absolute Gasteiger partial charge is 0.374 e. The Morgan fingerprint density at radius 2 is 2.47 bits per heavy atom. The third kappa shape index (κ3) is 1.84. The fourth-order valence-corrected chi connectivity index (χ4v) is 2.68. The van der Waals surface area contributed by atoms with Crippen molar-refractivity contribution < 1.29 is 14.3 Å². The van der Waals surface area contributed by atoms with Crippen molar-refractivity contribution in [3.05, 3.63) is 12.0 Å². The zero-order valence-electron chi connectivity index (χ0n) is 8.61. The topological polar surface area (TPSA) is 62.5 Å². The number of fused-ring (bicyclic) bond motifs is 1. The molecule has 0 aliphatic carbocycles. The highest BCUT2D eigenvalue weighted by Crippen LogP contribution is 2.40. The number of nitrogens with one attached hydrogen (secondary N) is 1. The normalized spacial score (nSPS) is 19.8. The van der Waals surface area contributed by atoms with Crippen LogP contribution in [0.25, 0.3) is 0 Å². The van der Waals surface area contributed by atoms with Gasteiger partial charge < -0.3 is 14.8 Å². The highest BCUT2D eigenvalue weighted by atomic mass is 32.2. The Labute approximate surface area is 92.0 Å². The zero-order chi connectivity index (χ0) is 11.0. The molecule has 1 aromatic heterocycles. The van der Waals surface area contributed by atoms with Gasteiger partial charge in [-0.05, 0) is 5.92 Å². The van der Waals surface area contributed by atoms with Gasteiger partial charge in [0.05, 0.1) is 4.90 Å². The lowest BCUT2D eigenvalue weighted by Gasteiger charge is -2.25. The van der Waals surface area contributed by atoms with Crippen LogP contribution in [0, 0.1) is 5.92 Å². The molecule has 0 amide bonds. The molecule has 0 saturated heterocycles. The van der Waals surface area contributed by atoms with Gasteiger partial charge in [0.1, 0.15) is 12.0 Å². The zero-order valence-corrected chi connectivity index (χ0v) is 9.43. The molecule has 0 spiro atoms. The van der Waals surface area contributed by atoms with Gasteiger partial charge in [0.2, 0.25) is 5.76 Å². The number of aromatic carboxylic acids is 1. The Balaban J connectivity index is 2.26. The molecule has 5 heteroatoms. The second kappa shape index (κ2) is 3.81. The minimum absolute atomic E-state index is 0.0136. The van der Waals surface area contributed by atoms with Crippen LogP contribution in [0.4, 0.5) is 5.69 Å². The van der Waals surface area contributed by atoms with Crippen LogP contribution in [0.1, 0.15) is 24.4 Å². The van der Waals surface area contributed by atoms with E-state index in [0.29, 0.717) is 16.9 Å². The molecular weight excluding hydrogens is 214 g/mol. The maximum Gasteiger partial charge on any atom is 0.374 e. The number of anilines is 1. The van der Waals surface area contributed by atoms with E-state index < -0.39 is 5.97 Å². The fraction of sp³-hybridized carbons (Fsp3) is 0.500. The predicted molar refractivity (Wildman–Crippen MR) is 58.6 cm³/mol. The van der Waals surface area contributed by atoms with Gasteiger partial charge in [-0.2, -0.15) is 0 Å². The molecule has 1 aromatic rings. The van der Waals surface area contributed by atoms with E-state index in [4.69, 9.17) is 9.52 Å². The average molecular weight is 227 g/mol. The molecular formula is C10H13NO3S. The minimum Gasteiger partial charge on any atom is -0.475 e. The van der Waals surface area contributed by atoms with Crippen LogP contribution in [-0.2, 0) is 0 Å². The Kier molecular flexibility index (Phi) is 2.65. The number of hydrogen-bond acceptors (Lipinski definition) is 4. The summed E-state index contributed by atoms with van der Waals surface area (Å²) in [7, 11) is 0. The van der Waals surface area contributed by atoms with Gasteiger partial charge in [-0.25, -0.2) is 4.79 Å². The van der Waals surface area contributed by atoms with Gasteiger partial charge in [-0.1, -0.05) is 13.8 Å². The SMILES string of the molecule is CC(C)C1CNc2c(coc2C(=O)O)S1. The number of hydrogen-bond donors (Lipinski definition) is 2. The molecule has 0 aromatic carbocycles. The Morgan fingerprint density at radius 1 is 1.73 bits per heavy atom. The number of carboxylic acids is 1. The van der Waals surface area contributed by atoms with Crippen LogP contribution in [-0.4, -0.2) is 22.9 Å². The van der Waals surface area contributed by atoms with Gasteiger partial charge >= 0.3 is 5.97 Å². The summed E-state index contributed by atoms with van der Waals surface area (Å²) in [6.07, 6.45) is 1.52. The van der Waals surface area contributed by atoms with E-state index in [9.17, 15) is 4.79 Å². The molecule has 82 valence electrons. The maximum absolute atomic E-state index is 10.8. The second-order valence-electron chi connectivity index (χ2n) is 3.89. The summed E-state index contributed by atoms with van der Waals surface area (Å²) in [6, 6.07) is 0. The van der Waals surface area contributed by atoms with Crippen molar-refractivity contribution in [3.63, 3.8) is 0 Å². The molecule has 0 fully saturated rings. The lowest BCUT2D eigenvalue weighted by Crippen LogP contribution is -2.26. The monoisotopic (exact) mass is 227 g/mol. The summed E-state index contributed by atoms with van der Waals surface area (Å²) in [5.74, 6) is -0.453. The summed E-state index contributed by atoms with van der Waals surface area (Å²) in [5, 5.41) is 12.5. The van der Waals surface area contributed by atoms with E-state index in [1.54, 1.807) is 11.8 Å². The first kappa shape index (κ1) is 10.4. The molecule has 1 atom stereocenters. The molecule has 0 saturated carbocycles. The van der Waals surface area contributed by atoms with Gasteiger partial charge in [-0.15, -0.1) is 11.8 Å². The first-order valence-electron chi connectivity index (χ1n) is 4.85. The summed E-state index contributed by atoms with van der Waals surface area (Å²) in [6.45, 7) is 5.10. The maximum atomic E-state index is 10.8. The van der Waals surface area contributed by atoms with Gasteiger partial charge in [-0.3, -0.25) is 0 Å². The minimum atomic E-state index is -1.02. The van der Waals surface area contributed by atoms with Crippen LogP contribution < -0.4 is 5.32 Å². The summed E-state index contributed by atoms with van der Waals surface area (Å²) >= 11 is 1.68. The molecule has 2 rings (SSSR count). The number of thioether (sulfide) groups is 1. The van der Waals surface area contributed by atoms with Crippen LogP contribution in [0.15, 0.2) is 15.6 Å². The standard InChI is InChI=1S/C10H13NO3S/c1-5(2)6-3-11-8-7(15-6)4-14-9(8)10(12)13/h4-6,11H,3H2,1-2H3,(H,12,13). The average Bonchev–Trinajstić information content (AvgIpc) is 2.59. The lowest BCUT2D eigenvalue weighted by molar-refractivity contribution is 0.0664. The number of carboxylic acid groups (broad SMARTS) is 1. The van der Waals surface area contributed by atoms with Crippen molar-refractivity contribution in [2.45, 2.75) is 24.0 Å². The third-order valence-electron chi connectivity index (χ3n) is 2.45. The second-order valence-corrected chi connectivity index (χ2v) is 5.17. The van der Waals surface area contributed by atoms with Gasteiger partial charge in [0, 0.05) is 11.8 Å². The largest absolute Gasteiger partial charge is 0.475 e. The van der Waals surface area contributed by atoms with Crippen LogP contribution in [0.5, 0.6) is 0 Å².